The van der Waals surface area contributed by atoms with Crippen LogP contribution < -0.4 is 20.7 Å². The van der Waals surface area contributed by atoms with Gasteiger partial charge < -0.3 is 25.4 Å². The first-order chi connectivity index (χ1) is 16.1. The van der Waals surface area contributed by atoms with Crippen LogP contribution in [0.5, 0.6) is 5.75 Å². The fourth-order valence-electron chi connectivity index (χ4n) is 3.56. The second-order valence-electron chi connectivity index (χ2n) is 7.90. The molecule has 0 aliphatic carbocycles. The van der Waals surface area contributed by atoms with E-state index < -0.39 is 18.2 Å². The van der Waals surface area contributed by atoms with Crippen LogP contribution in [0.15, 0.2) is 17.5 Å². The van der Waals surface area contributed by atoms with Crippen LogP contribution in [-0.4, -0.2) is 56.9 Å². The molecular formula is C23H33ClF2N4O3S. The van der Waals surface area contributed by atoms with Gasteiger partial charge in [-0.2, -0.15) is 4.39 Å². The second-order valence-corrected chi connectivity index (χ2v) is 8.74. The average molecular weight is 519 g/mol. The highest BCUT2D eigenvalue weighted by molar-refractivity contribution is 7.14. The number of carbonyl (C=O) groups excluding carboxylic acids is 1. The Morgan fingerprint density at radius 2 is 1.85 bits per heavy atom. The first kappa shape index (κ1) is 28.2. The molecule has 1 aromatic heterocycles. The van der Waals surface area contributed by atoms with Gasteiger partial charge in [-0.25, -0.2) is 9.37 Å². The maximum Gasteiger partial charge on any atom is 0.257 e. The summed E-state index contributed by atoms with van der Waals surface area (Å²) in [5.74, 6) is -2.84. The van der Waals surface area contributed by atoms with Crippen molar-refractivity contribution in [3.05, 3.63) is 29.1 Å². The molecule has 0 saturated carbocycles. The van der Waals surface area contributed by atoms with Crippen molar-refractivity contribution in [2.75, 3.05) is 50.9 Å². The molecule has 1 saturated heterocycles. The summed E-state index contributed by atoms with van der Waals surface area (Å²) in [6.07, 6.45) is 6.29. The first-order valence-corrected chi connectivity index (χ1v) is 12.3. The summed E-state index contributed by atoms with van der Waals surface area (Å²) in [4.78, 5) is 18.8. The van der Waals surface area contributed by atoms with Crippen LogP contribution in [-0.2, 0) is 9.53 Å². The number of ether oxygens (including phenoxy) is 2. The van der Waals surface area contributed by atoms with E-state index in [2.05, 4.69) is 15.2 Å². The molecule has 0 atom stereocenters. The number of carbonyl (C=O) groups is 1. The molecule has 0 spiro atoms. The Morgan fingerprint density at radius 1 is 1.15 bits per heavy atom. The Labute approximate surface area is 209 Å². The minimum Gasteiger partial charge on any atom is -0.480 e. The molecule has 2 heterocycles. The van der Waals surface area contributed by atoms with E-state index in [1.807, 2.05) is 0 Å². The van der Waals surface area contributed by atoms with Gasteiger partial charge in [0.15, 0.2) is 23.3 Å². The van der Waals surface area contributed by atoms with Crippen molar-refractivity contribution >= 4 is 34.8 Å². The van der Waals surface area contributed by atoms with Crippen LogP contribution >= 0.6 is 23.7 Å². The quantitative estimate of drug-likeness (QED) is 0.387. The Hall–Kier alpha value is -2.01. The number of hydrogen-bond donors (Lipinski definition) is 2. The lowest BCUT2D eigenvalue weighted by atomic mass is 10.1. The van der Waals surface area contributed by atoms with E-state index in [1.165, 1.54) is 17.4 Å². The predicted octanol–water partition coefficient (Wildman–Crippen LogP) is 4.14. The van der Waals surface area contributed by atoms with E-state index in [1.54, 1.807) is 5.38 Å². The van der Waals surface area contributed by atoms with Gasteiger partial charge in [0.25, 0.3) is 5.91 Å². The molecule has 2 aromatic rings. The van der Waals surface area contributed by atoms with Gasteiger partial charge in [-0.15, -0.1) is 23.7 Å². The van der Waals surface area contributed by atoms with E-state index >= 15 is 0 Å². The number of amides is 1. The molecule has 3 N–H and O–H groups in total. The summed E-state index contributed by atoms with van der Waals surface area (Å²) in [6.45, 7) is 3.54. The maximum absolute atomic E-state index is 14.5. The summed E-state index contributed by atoms with van der Waals surface area (Å²) >= 11 is 1.42. The summed E-state index contributed by atoms with van der Waals surface area (Å²) in [5, 5.41) is 5.32. The molecule has 34 heavy (non-hydrogen) atoms. The lowest BCUT2D eigenvalue weighted by Gasteiger charge is -2.26. The fourth-order valence-corrected chi connectivity index (χ4v) is 4.44. The van der Waals surface area contributed by atoms with Crippen molar-refractivity contribution < 1.29 is 23.0 Å². The monoisotopic (exact) mass is 518 g/mol. The minimum absolute atomic E-state index is 0. The number of thiazole rings is 1. The molecule has 11 heteroatoms. The minimum atomic E-state index is -1.13. The normalized spacial score (nSPS) is 13.4. The van der Waals surface area contributed by atoms with Crippen LogP contribution in [0.3, 0.4) is 0 Å². The summed E-state index contributed by atoms with van der Waals surface area (Å²) in [7, 11) is 0. The van der Waals surface area contributed by atoms with Crippen LogP contribution in [0.4, 0.5) is 13.9 Å². The number of nitrogens with one attached hydrogen (secondary N) is 1. The van der Waals surface area contributed by atoms with Crippen molar-refractivity contribution in [3.8, 4) is 17.0 Å². The predicted molar refractivity (Wildman–Crippen MR) is 133 cm³/mol. The second kappa shape index (κ2) is 15.1. The third-order valence-corrected chi connectivity index (χ3v) is 6.30. The Morgan fingerprint density at radius 3 is 2.59 bits per heavy atom. The van der Waals surface area contributed by atoms with E-state index in [9.17, 15) is 13.6 Å². The third-order valence-electron chi connectivity index (χ3n) is 5.40. The number of halogens is 3. The molecule has 190 valence electrons. The Kier molecular flexibility index (Phi) is 12.5. The van der Waals surface area contributed by atoms with Gasteiger partial charge in [-0.3, -0.25) is 4.79 Å². The van der Waals surface area contributed by atoms with E-state index in [-0.39, 0.29) is 24.1 Å². The number of rotatable bonds is 13. The van der Waals surface area contributed by atoms with E-state index in [0.29, 0.717) is 31.0 Å². The third kappa shape index (κ3) is 8.33. The number of morpholine rings is 1. The van der Waals surface area contributed by atoms with Gasteiger partial charge in [0.1, 0.15) is 0 Å². The molecule has 1 fully saturated rings. The fraction of sp³-hybridized carbons (Fsp3) is 0.565. The highest BCUT2D eigenvalue weighted by Crippen LogP contribution is 2.36. The molecule has 1 aromatic carbocycles. The van der Waals surface area contributed by atoms with Crippen molar-refractivity contribution in [2.45, 2.75) is 38.5 Å². The number of nitrogens with two attached hydrogens (primary N) is 1. The van der Waals surface area contributed by atoms with Gasteiger partial charge in [0.05, 0.1) is 18.9 Å². The zero-order valence-electron chi connectivity index (χ0n) is 19.2. The molecule has 7 nitrogen and oxygen atoms in total. The standard InChI is InChI=1S/C23H32F2N4O3S.ClH/c24-18-8-7-17(19-16-33-23(28-19)29-11-13-31-14-12-29)22(21(18)25)32-15-20(30)27-10-6-4-2-1-3-5-9-26;/h7-8,16H,1-6,9-15,26H2,(H,27,30);1H. The lowest BCUT2D eigenvalue weighted by molar-refractivity contribution is -0.123. The van der Waals surface area contributed by atoms with Crippen molar-refractivity contribution in [3.63, 3.8) is 0 Å². The Bertz CT molecular complexity index is 897. The highest BCUT2D eigenvalue weighted by Gasteiger charge is 2.21. The molecule has 1 aliphatic rings. The largest absolute Gasteiger partial charge is 0.480 e. The van der Waals surface area contributed by atoms with Gasteiger partial charge in [0.2, 0.25) is 5.82 Å². The number of aromatic nitrogens is 1. The Balaban J connectivity index is 0.00000408. The SMILES string of the molecule is Cl.NCCCCCCCCNC(=O)COc1c(-c2csc(N3CCOCC3)n2)ccc(F)c1F. The summed E-state index contributed by atoms with van der Waals surface area (Å²) in [5.41, 5.74) is 6.27. The van der Waals surface area contributed by atoms with Gasteiger partial charge in [0, 0.05) is 30.6 Å². The molecule has 0 radical (unpaired) electrons. The number of nitrogens with zero attached hydrogens (tertiary/aromatic N) is 2. The molecule has 1 amide bonds. The zero-order chi connectivity index (χ0) is 23.5. The zero-order valence-corrected chi connectivity index (χ0v) is 20.8. The molecule has 3 rings (SSSR count). The van der Waals surface area contributed by atoms with Crippen LogP contribution in [0.2, 0.25) is 0 Å². The maximum atomic E-state index is 14.5. The molecule has 0 unspecified atom stereocenters. The number of unbranched alkanes of at least 4 members (excludes halogenated alkanes) is 5. The molecule has 0 bridgehead atoms. The van der Waals surface area contributed by atoms with Crippen LogP contribution in [0.1, 0.15) is 38.5 Å². The topological polar surface area (TPSA) is 89.7 Å². The molecule has 1 aliphatic heterocycles. The molecular weight excluding hydrogens is 486 g/mol. The highest BCUT2D eigenvalue weighted by atomic mass is 35.5. The van der Waals surface area contributed by atoms with E-state index in [0.717, 1.165) is 69.4 Å². The van der Waals surface area contributed by atoms with Gasteiger partial charge in [-0.1, -0.05) is 25.7 Å². The number of anilines is 1. The van der Waals surface area contributed by atoms with Crippen LogP contribution in [0, 0.1) is 11.6 Å². The number of benzene rings is 1. The van der Waals surface area contributed by atoms with Gasteiger partial charge >= 0.3 is 0 Å². The average Bonchev–Trinajstić information content (AvgIpc) is 3.32. The van der Waals surface area contributed by atoms with Crippen LogP contribution in [0.25, 0.3) is 11.3 Å². The first-order valence-electron chi connectivity index (χ1n) is 11.5. The number of hydrogen-bond acceptors (Lipinski definition) is 7. The van der Waals surface area contributed by atoms with Crippen molar-refractivity contribution in [1.29, 1.82) is 0 Å². The summed E-state index contributed by atoms with van der Waals surface area (Å²) in [6, 6.07) is 2.47. The van der Waals surface area contributed by atoms with Crippen molar-refractivity contribution in [2.24, 2.45) is 5.73 Å². The summed E-state index contributed by atoms with van der Waals surface area (Å²) < 4.78 is 39.2. The van der Waals surface area contributed by atoms with Gasteiger partial charge in [-0.05, 0) is 31.5 Å². The smallest absolute Gasteiger partial charge is 0.257 e. The van der Waals surface area contributed by atoms with E-state index in [4.69, 9.17) is 15.2 Å². The van der Waals surface area contributed by atoms with Crippen molar-refractivity contribution in [1.82, 2.24) is 10.3 Å². The lowest BCUT2D eigenvalue weighted by Crippen LogP contribution is -2.36.